The van der Waals surface area contributed by atoms with Gasteiger partial charge in [0.15, 0.2) is 6.61 Å². The molecule has 4 nitrogen and oxygen atoms in total. The van der Waals surface area contributed by atoms with Gasteiger partial charge in [0, 0.05) is 29.1 Å². The minimum absolute atomic E-state index is 0.110. The number of carbonyl (C=O) groups is 1. The van der Waals surface area contributed by atoms with Crippen molar-refractivity contribution in [3.8, 4) is 5.75 Å². The number of rotatable bonds is 6. The van der Waals surface area contributed by atoms with Gasteiger partial charge in [0.05, 0.1) is 18.1 Å². The molecule has 1 aliphatic rings. The van der Waals surface area contributed by atoms with Crippen LogP contribution in [0.1, 0.15) is 18.4 Å². The molecule has 0 aromatic heterocycles. The fourth-order valence-electron chi connectivity index (χ4n) is 2.98. The SMILES string of the molecule is O=C(COc1ccc(Cl)cc1Cl)Nc1ccc(C[NH+]2CCCC2)cc1. The van der Waals surface area contributed by atoms with Gasteiger partial charge in [-0.05, 0) is 30.3 Å². The summed E-state index contributed by atoms with van der Waals surface area (Å²) in [6.07, 6.45) is 2.64. The van der Waals surface area contributed by atoms with E-state index in [9.17, 15) is 4.79 Å². The van der Waals surface area contributed by atoms with Gasteiger partial charge in [-0.1, -0.05) is 35.3 Å². The first-order valence-corrected chi connectivity index (χ1v) is 9.16. The summed E-state index contributed by atoms with van der Waals surface area (Å²) in [7, 11) is 0. The quantitative estimate of drug-likeness (QED) is 0.809. The third-order valence-electron chi connectivity index (χ3n) is 4.26. The van der Waals surface area contributed by atoms with Gasteiger partial charge < -0.3 is 15.0 Å². The second-order valence-corrected chi connectivity index (χ2v) is 7.09. The van der Waals surface area contributed by atoms with Gasteiger partial charge in [0.25, 0.3) is 5.91 Å². The Hall–Kier alpha value is -1.75. The van der Waals surface area contributed by atoms with Crippen LogP contribution in [0.3, 0.4) is 0 Å². The Morgan fingerprint density at radius 3 is 2.48 bits per heavy atom. The molecule has 25 heavy (non-hydrogen) atoms. The number of amides is 1. The third kappa shape index (κ3) is 5.36. The zero-order valence-electron chi connectivity index (χ0n) is 13.9. The largest absolute Gasteiger partial charge is 0.482 e. The van der Waals surface area contributed by atoms with Crippen LogP contribution in [0.15, 0.2) is 42.5 Å². The highest BCUT2D eigenvalue weighted by Crippen LogP contribution is 2.27. The molecular weight excluding hydrogens is 359 g/mol. The topological polar surface area (TPSA) is 42.8 Å². The molecule has 1 saturated heterocycles. The fourth-order valence-corrected chi connectivity index (χ4v) is 3.44. The number of ether oxygens (including phenoxy) is 1. The molecule has 0 atom stereocenters. The van der Waals surface area contributed by atoms with Crippen LogP contribution in [0.4, 0.5) is 5.69 Å². The predicted molar refractivity (Wildman–Crippen MR) is 101 cm³/mol. The van der Waals surface area contributed by atoms with Crippen LogP contribution in [-0.4, -0.2) is 25.6 Å². The molecule has 2 aromatic carbocycles. The lowest BCUT2D eigenvalue weighted by Gasteiger charge is -2.12. The van der Waals surface area contributed by atoms with E-state index in [0.717, 1.165) is 12.2 Å². The normalized spacial score (nSPS) is 14.5. The Kier molecular flexibility index (Phi) is 6.19. The highest BCUT2D eigenvalue weighted by molar-refractivity contribution is 6.35. The summed E-state index contributed by atoms with van der Waals surface area (Å²) in [6.45, 7) is 3.44. The van der Waals surface area contributed by atoms with E-state index in [1.54, 1.807) is 23.1 Å². The number of likely N-dealkylation sites (tertiary alicyclic amines) is 1. The summed E-state index contributed by atoms with van der Waals surface area (Å²) < 4.78 is 5.43. The van der Waals surface area contributed by atoms with Gasteiger partial charge in [-0.15, -0.1) is 0 Å². The van der Waals surface area contributed by atoms with Crippen molar-refractivity contribution in [1.82, 2.24) is 0 Å². The number of hydrogen-bond donors (Lipinski definition) is 2. The summed E-state index contributed by atoms with van der Waals surface area (Å²) in [4.78, 5) is 13.6. The first-order valence-electron chi connectivity index (χ1n) is 8.40. The minimum Gasteiger partial charge on any atom is -0.482 e. The van der Waals surface area contributed by atoms with Crippen molar-refractivity contribution in [1.29, 1.82) is 0 Å². The van der Waals surface area contributed by atoms with E-state index >= 15 is 0 Å². The maximum atomic E-state index is 12.0. The van der Waals surface area contributed by atoms with Gasteiger partial charge in [0.2, 0.25) is 0 Å². The molecule has 0 spiro atoms. The first kappa shape index (κ1) is 18.1. The molecule has 2 aromatic rings. The van der Waals surface area contributed by atoms with Gasteiger partial charge in [-0.3, -0.25) is 4.79 Å². The molecule has 1 aliphatic heterocycles. The van der Waals surface area contributed by atoms with Gasteiger partial charge in [-0.2, -0.15) is 0 Å². The minimum atomic E-state index is -0.232. The van der Waals surface area contributed by atoms with Crippen molar-refractivity contribution in [3.63, 3.8) is 0 Å². The standard InChI is InChI=1S/C19H20Cl2N2O2/c20-15-5-8-18(17(21)11-15)25-13-19(24)22-16-6-3-14(4-7-16)12-23-9-1-2-10-23/h3-8,11H,1-2,9-10,12-13H2,(H,22,24)/p+1. The van der Waals surface area contributed by atoms with Crippen LogP contribution in [0.5, 0.6) is 5.75 Å². The smallest absolute Gasteiger partial charge is 0.262 e. The molecule has 0 radical (unpaired) electrons. The lowest BCUT2D eigenvalue weighted by molar-refractivity contribution is -0.901. The van der Waals surface area contributed by atoms with E-state index in [2.05, 4.69) is 17.4 Å². The summed E-state index contributed by atoms with van der Waals surface area (Å²) in [5.41, 5.74) is 2.05. The molecule has 132 valence electrons. The number of anilines is 1. The Labute approximate surface area is 157 Å². The van der Waals surface area contributed by atoms with Gasteiger partial charge in [0.1, 0.15) is 12.3 Å². The highest BCUT2D eigenvalue weighted by atomic mass is 35.5. The van der Waals surface area contributed by atoms with Crippen molar-refractivity contribution < 1.29 is 14.4 Å². The molecule has 1 heterocycles. The van der Waals surface area contributed by atoms with Gasteiger partial charge >= 0.3 is 0 Å². The first-order chi connectivity index (χ1) is 12.1. The van der Waals surface area contributed by atoms with Crippen molar-refractivity contribution >= 4 is 34.8 Å². The summed E-state index contributed by atoms with van der Waals surface area (Å²) in [5.74, 6) is 0.203. The molecular formula is C19H21Cl2N2O2+. The molecule has 3 rings (SSSR count). The molecule has 0 aliphatic carbocycles. The van der Waals surface area contributed by atoms with E-state index in [-0.39, 0.29) is 12.5 Å². The lowest BCUT2D eigenvalue weighted by Crippen LogP contribution is -3.08. The number of halogens is 2. The van der Waals surface area contributed by atoms with Crippen LogP contribution in [0.2, 0.25) is 10.0 Å². The number of nitrogens with one attached hydrogen (secondary N) is 2. The van der Waals surface area contributed by atoms with E-state index in [4.69, 9.17) is 27.9 Å². The molecule has 1 amide bonds. The molecule has 0 unspecified atom stereocenters. The van der Waals surface area contributed by atoms with E-state index in [1.807, 2.05) is 12.1 Å². The Morgan fingerprint density at radius 2 is 1.80 bits per heavy atom. The van der Waals surface area contributed by atoms with Crippen LogP contribution in [-0.2, 0) is 11.3 Å². The zero-order valence-corrected chi connectivity index (χ0v) is 15.4. The number of benzene rings is 2. The maximum absolute atomic E-state index is 12.0. The van der Waals surface area contributed by atoms with Crippen LogP contribution >= 0.6 is 23.2 Å². The Bertz CT molecular complexity index is 729. The fraction of sp³-hybridized carbons (Fsp3) is 0.316. The highest BCUT2D eigenvalue weighted by Gasteiger charge is 2.15. The van der Waals surface area contributed by atoms with E-state index < -0.39 is 0 Å². The molecule has 6 heteroatoms. The average molecular weight is 380 g/mol. The molecule has 2 N–H and O–H groups in total. The number of quaternary nitrogens is 1. The lowest BCUT2D eigenvalue weighted by atomic mass is 10.2. The summed E-state index contributed by atoms with van der Waals surface area (Å²) in [6, 6.07) is 12.9. The average Bonchev–Trinajstić information content (AvgIpc) is 3.09. The zero-order chi connectivity index (χ0) is 17.6. The van der Waals surface area contributed by atoms with E-state index in [1.165, 1.54) is 31.5 Å². The summed E-state index contributed by atoms with van der Waals surface area (Å²) >= 11 is 11.8. The summed E-state index contributed by atoms with van der Waals surface area (Å²) in [5, 5.41) is 3.73. The van der Waals surface area contributed by atoms with E-state index in [0.29, 0.717) is 15.8 Å². The second-order valence-electron chi connectivity index (χ2n) is 6.24. The van der Waals surface area contributed by atoms with Crippen molar-refractivity contribution in [2.45, 2.75) is 19.4 Å². The van der Waals surface area contributed by atoms with Crippen LogP contribution in [0.25, 0.3) is 0 Å². The van der Waals surface area contributed by atoms with Crippen LogP contribution < -0.4 is 15.0 Å². The predicted octanol–water partition coefficient (Wildman–Crippen LogP) is 3.19. The third-order valence-corrected chi connectivity index (χ3v) is 4.79. The van der Waals surface area contributed by atoms with Gasteiger partial charge in [-0.25, -0.2) is 0 Å². The van der Waals surface area contributed by atoms with Crippen LogP contribution in [0, 0.1) is 0 Å². The molecule has 0 saturated carbocycles. The molecule has 0 bridgehead atoms. The Balaban J connectivity index is 1.48. The number of hydrogen-bond acceptors (Lipinski definition) is 2. The maximum Gasteiger partial charge on any atom is 0.262 e. The van der Waals surface area contributed by atoms with Crippen molar-refractivity contribution in [3.05, 3.63) is 58.1 Å². The second kappa shape index (κ2) is 8.56. The monoisotopic (exact) mass is 379 g/mol. The Morgan fingerprint density at radius 1 is 1.08 bits per heavy atom. The molecule has 1 fully saturated rings. The van der Waals surface area contributed by atoms with Crippen molar-refractivity contribution in [2.75, 3.05) is 25.0 Å². The number of carbonyl (C=O) groups excluding carboxylic acids is 1. The van der Waals surface area contributed by atoms with Crippen molar-refractivity contribution in [2.24, 2.45) is 0 Å².